The molecule has 2 rings (SSSR count). The number of allylic oxidation sites excluding steroid dienone is 2. The molecule has 2 heterocycles. The smallest absolute Gasteiger partial charge is 0.207 e. The predicted molar refractivity (Wildman–Crippen MR) is 61.7 cm³/mol. The summed E-state index contributed by atoms with van der Waals surface area (Å²) in [6.07, 6.45) is 9.09. The van der Waals surface area contributed by atoms with Crippen molar-refractivity contribution >= 4 is 18.4 Å². The van der Waals surface area contributed by atoms with Gasteiger partial charge in [-0.1, -0.05) is 6.08 Å². The van der Waals surface area contributed by atoms with E-state index in [4.69, 9.17) is 0 Å². The molecule has 0 radical (unpaired) electrons. The molecule has 1 N–H and O–H groups in total. The Morgan fingerprint density at radius 2 is 2.41 bits per heavy atom. The standard InChI is InChI=1S/C11H11FN4O/c12-10-6-15-16(7-10)11-3-1-2-9(5-14-11)4-13-8-17/h2-3,5-8H,1,4H2,(H,13,17). The highest BCUT2D eigenvalue weighted by Gasteiger charge is 2.04. The van der Waals surface area contributed by atoms with E-state index in [9.17, 15) is 9.18 Å². The summed E-state index contributed by atoms with van der Waals surface area (Å²) < 4.78 is 14.2. The van der Waals surface area contributed by atoms with E-state index in [-0.39, 0.29) is 0 Å². The summed E-state index contributed by atoms with van der Waals surface area (Å²) in [5, 5.41) is 6.39. The molecule has 0 saturated heterocycles. The molecule has 1 aliphatic rings. The lowest BCUT2D eigenvalue weighted by Gasteiger charge is -1.99. The van der Waals surface area contributed by atoms with E-state index in [0.29, 0.717) is 25.2 Å². The zero-order valence-electron chi connectivity index (χ0n) is 9.01. The largest absolute Gasteiger partial charge is 0.355 e. The van der Waals surface area contributed by atoms with Crippen LogP contribution in [0.4, 0.5) is 4.39 Å². The fourth-order valence-electron chi connectivity index (χ4n) is 1.43. The lowest BCUT2D eigenvalue weighted by atomic mass is 10.2. The number of carbonyl (C=O) groups is 1. The van der Waals surface area contributed by atoms with Crippen LogP contribution in [0.15, 0.2) is 35.1 Å². The van der Waals surface area contributed by atoms with Gasteiger partial charge in [0.15, 0.2) is 5.82 Å². The van der Waals surface area contributed by atoms with E-state index in [0.717, 1.165) is 11.8 Å². The average molecular weight is 234 g/mol. The molecule has 0 fully saturated rings. The molecule has 0 saturated carbocycles. The second-order valence-corrected chi connectivity index (χ2v) is 3.44. The molecule has 0 aromatic carbocycles. The van der Waals surface area contributed by atoms with Gasteiger partial charge in [0.1, 0.15) is 5.82 Å². The topological polar surface area (TPSA) is 59.3 Å². The van der Waals surface area contributed by atoms with Crippen molar-refractivity contribution in [1.29, 1.82) is 0 Å². The van der Waals surface area contributed by atoms with E-state index in [1.807, 2.05) is 12.2 Å². The molecular weight excluding hydrogens is 223 g/mol. The van der Waals surface area contributed by atoms with E-state index in [2.05, 4.69) is 15.4 Å². The Hall–Kier alpha value is -2.24. The maximum atomic E-state index is 12.8. The van der Waals surface area contributed by atoms with Gasteiger partial charge in [0.25, 0.3) is 0 Å². The minimum absolute atomic E-state index is 0.402. The van der Waals surface area contributed by atoms with Crippen molar-refractivity contribution < 1.29 is 9.18 Å². The first kappa shape index (κ1) is 11.3. The second-order valence-electron chi connectivity index (χ2n) is 3.44. The van der Waals surface area contributed by atoms with Crippen LogP contribution in [-0.4, -0.2) is 28.9 Å². The highest BCUT2D eigenvalue weighted by atomic mass is 19.1. The third-order valence-electron chi connectivity index (χ3n) is 2.22. The second kappa shape index (κ2) is 5.20. The Balaban J connectivity index is 2.09. The van der Waals surface area contributed by atoms with Crippen LogP contribution in [0.2, 0.25) is 0 Å². The number of aromatic nitrogens is 2. The number of halogens is 1. The average Bonchev–Trinajstić information content (AvgIpc) is 2.63. The summed E-state index contributed by atoms with van der Waals surface area (Å²) in [6.45, 7) is 0.432. The van der Waals surface area contributed by atoms with Gasteiger partial charge < -0.3 is 5.32 Å². The van der Waals surface area contributed by atoms with Gasteiger partial charge >= 0.3 is 0 Å². The molecule has 0 aliphatic carbocycles. The van der Waals surface area contributed by atoms with Gasteiger partial charge in [-0.2, -0.15) is 5.10 Å². The Kier molecular flexibility index (Phi) is 3.44. The van der Waals surface area contributed by atoms with Crippen molar-refractivity contribution in [3.05, 3.63) is 35.9 Å². The summed E-state index contributed by atoms with van der Waals surface area (Å²) in [6, 6.07) is 0. The van der Waals surface area contributed by atoms with Crippen molar-refractivity contribution in [2.75, 3.05) is 6.54 Å². The number of nitrogens with one attached hydrogen (secondary N) is 1. The minimum Gasteiger partial charge on any atom is -0.355 e. The molecular formula is C11H11FN4O. The van der Waals surface area contributed by atoms with Crippen LogP contribution in [-0.2, 0) is 4.79 Å². The molecule has 0 atom stereocenters. The fourth-order valence-corrected chi connectivity index (χ4v) is 1.43. The van der Waals surface area contributed by atoms with Crippen LogP contribution in [0.5, 0.6) is 0 Å². The number of hydrogen-bond donors (Lipinski definition) is 1. The molecule has 0 unspecified atom stereocenters. The molecule has 88 valence electrons. The summed E-state index contributed by atoms with van der Waals surface area (Å²) >= 11 is 0. The Labute approximate surface area is 97.3 Å². The van der Waals surface area contributed by atoms with Gasteiger partial charge in [-0.25, -0.2) is 14.1 Å². The van der Waals surface area contributed by atoms with Crippen LogP contribution in [0.1, 0.15) is 6.42 Å². The van der Waals surface area contributed by atoms with Gasteiger partial charge in [-0.3, -0.25) is 4.79 Å². The van der Waals surface area contributed by atoms with Gasteiger partial charge in [-0.15, -0.1) is 0 Å². The van der Waals surface area contributed by atoms with E-state index < -0.39 is 5.82 Å². The van der Waals surface area contributed by atoms with Crippen LogP contribution in [0.3, 0.4) is 0 Å². The zero-order chi connectivity index (χ0) is 12.1. The van der Waals surface area contributed by atoms with Crippen molar-refractivity contribution in [2.24, 2.45) is 4.99 Å². The predicted octanol–water partition coefficient (Wildman–Crippen LogP) is 0.968. The SMILES string of the molecule is O=CNCC1=CCC=C(n2cc(F)cn2)N=C1. The minimum atomic E-state index is -0.402. The third kappa shape index (κ3) is 2.87. The summed E-state index contributed by atoms with van der Waals surface area (Å²) in [5.41, 5.74) is 0.899. The number of amides is 1. The molecule has 1 amide bonds. The van der Waals surface area contributed by atoms with Crippen molar-refractivity contribution in [1.82, 2.24) is 15.1 Å². The Bertz CT molecular complexity index is 501. The van der Waals surface area contributed by atoms with Crippen molar-refractivity contribution in [3.8, 4) is 0 Å². The number of aliphatic imine (C=N–C) groups is 1. The molecule has 6 heteroatoms. The Morgan fingerprint density at radius 3 is 3.12 bits per heavy atom. The van der Waals surface area contributed by atoms with Crippen molar-refractivity contribution in [3.63, 3.8) is 0 Å². The van der Waals surface area contributed by atoms with Crippen LogP contribution in [0.25, 0.3) is 5.82 Å². The Morgan fingerprint density at radius 1 is 1.53 bits per heavy atom. The zero-order valence-corrected chi connectivity index (χ0v) is 9.01. The molecule has 1 aromatic heterocycles. The summed E-state index contributed by atoms with van der Waals surface area (Å²) in [4.78, 5) is 14.4. The molecule has 0 spiro atoms. The monoisotopic (exact) mass is 234 g/mol. The fraction of sp³-hybridized carbons (Fsp3) is 0.182. The van der Waals surface area contributed by atoms with Crippen LogP contribution < -0.4 is 5.32 Å². The van der Waals surface area contributed by atoms with Crippen molar-refractivity contribution in [2.45, 2.75) is 6.42 Å². The quantitative estimate of drug-likeness (QED) is 0.789. The number of rotatable bonds is 4. The van der Waals surface area contributed by atoms with E-state index >= 15 is 0 Å². The molecule has 1 aliphatic heterocycles. The van der Waals surface area contributed by atoms with Crippen LogP contribution in [0, 0.1) is 5.82 Å². The lowest BCUT2D eigenvalue weighted by molar-refractivity contribution is -0.109. The molecule has 17 heavy (non-hydrogen) atoms. The van der Waals surface area contributed by atoms with Gasteiger partial charge in [0.05, 0.1) is 12.4 Å². The molecule has 1 aromatic rings. The highest BCUT2D eigenvalue weighted by Crippen LogP contribution is 2.11. The summed E-state index contributed by atoms with van der Waals surface area (Å²) in [5.74, 6) is 0.160. The normalized spacial score (nSPS) is 14.9. The number of nitrogens with zero attached hydrogens (tertiary/aromatic N) is 3. The van der Waals surface area contributed by atoms with Crippen LogP contribution >= 0.6 is 0 Å². The first-order valence-electron chi connectivity index (χ1n) is 5.10. The van der Waals surface area contributed by atoms with Gasteiger partial charge in [0, 0.05) is 12.8 Å². The van der Waals surface area contributed by atoms with Gasteiger partial charge in [0.2, 0.25) is 6.41 Å². The third-order valence-corrected chi connectivity index (χ3v) is 2.22. The number of carbonyl (C=O) groups excluding carboxylic acids is 1. The lowest BCUT2D eigenvalue weighted by Crippen LogP contribution is -2.14. The first-order valence-corrected chi connectivity index (χ1v) is 5.10. The maximum absolute atomic E-state index is 12.8. The van der Waals surface area contributed by atoms with Gasteiger partial charge in [-0.05, 0) is 18.1 Å². The molecule has 0 bridgehead atoms. The summed E-state index contributed by atoms with van der Waals surface area (Å²) in [7, 11) is 0. The molecule has 5 nitrogen and oxygen atoms in total. The van der Waals surface area contributed by atoms with E-state index in [1.54, 1.807) is 6.21 Å². The number of hydrogen-bond acceptors (Lipinski definition) is 3. The van der Waals surface area contributed by atoms with E-state index in [1.165, 1.54) is 10.9 Å². The first-order chi connectivity index (χ1) is 8.29. The highest BCUT2D eigenvalue weighted by molar-refractivity contribution is 5.83. The maximum Gasteiger partial charge on any atom is 0.207 e.